The van der Waals surface area contributed by atoms with Crippen LogP contribution >= 0.6 is 0 Å². The highest BCUT2D eigenvalue weighted by Gasteiger charge is 2.43. The van der Waals surface area contributed by atoms with Crippen LogP contribution in [0.15, 0.2) is 0 Å². The predicted octanol–water partition coefficient (Wildman–Crippen LogP) is -0.136. The predicted molar refractivity (Wildman–Crippen MR) is 81.8 cm³/mol. The standard InChI is InChI=1S/C15H27NO7/c1-16(2,3)10-15(23,9-14(21)22)12(18)8-11(17)6-4-5-7-13(19)20/h11,17,23H,4-10H2,1-3H3,(H-,19,20,21,22)/p+1. The molecule has 0 aliphatic heterocycles. The van der Waals surface area contributed by atoms with Crippen LogP contribution in [0.25, 0.3) is 0 Å². The average Bonchev–Trinajstić information content (AvgIpc) is 2.30. The van der Waals surface area contributed by atoms with Crippen LogP contribution in [-0.4, -0.2) is 82.0 Å². The monoisotopic (exact) mass is 334 g/mol. The lowest BCUT2D eigenvalue weighted by atomic mass is 9.88. The summed E-state index contributed by atoms with van der Waals surface area (Å²) in [5.41, 5.74) is -2.04. The number of rotatable bonds is 12. The molecular formula is C15H28NO7+. The Morgan fingerprint density at radius 2 is 1.61 bits per heavy atom. The van der Waals surface area contributed by atoms with Crippen LogP contribution in [0.2, 0.25) is 0 Å². The maximum atomic E-state index is 12.3. The van der Waals surface area contributed by atoms with Crippen LogP contribution in [0.1, 0.15) is 38.5 Å². The Hall–Kier alpha value is -1.51. The van der Waals surface area contributed by atoms with Gasteiger partial charge in [-0.1, -0.05) is 6.42 Å². The first-order valence-electron chi connectivity index (χ1n) is 7.53. The Labute approximate surface area is 135 Å². The number of Topliss-reactive ketones (excluding diaryl/α,β-unsaturated/α-hetero) is 1. The summed E-state index contributed by atoms with van der Waals surface area (Å²) < 4.78 is 0.199. The molecule has 0 aliphatic rings. The first kappa shape index (κ1) is 21.5. The summed E-state index contributed by atoms with van der Waals surface area (Å²) >= 11 is 0. The van der Waals surface area contributed by atoms with Crippen molar-refractivity contribution in [2.75, 3.05) is 27.7 Å². The molecular weight excluding hydrogens is 306 g/mol. The van der Waals surface area contributed by atoms with Gasteiger partial charge in [-0.3, -0.25) is 14.4 Å². The van der Waals surface area contributed by atoms with Crippen molar-refractivity contribution in [1.82, 2.24) is 0 Å². The molecule has 0 rings (SSSR count). The summed E-state index contributed by atoms with van der Waals surface area (Å²) in [7, 11) is 5.17. The third-order valence-corrected chi connectivity index (χ3v) is 3.30. The number of carbonyl (C=O) groups is 3. The quantitative estimate of drug-likeness (QED) is 0.288. The number of quaternary nitrogens is 1. The molecule has 8 nitrogen and oxygen atoms in total. The van der Waals surface area contributed by atoms with Crippen molar-refractivity contribution in [3.05, 3.63) is 0 Å². The van der Waals surface area contributed by atoms with Gasteiger partial charge in [-0.15, -0.1) is 0 Å². The Morgan fingerprint density at radius 3 is 2.04 bits per heavy atom. The van der Waals surface area contributed by atoms with Crippen LogP contribution < -0.4 is 0 Å². The third-order valence-electron chi connectivity index (χ3n) is 3.30. The van der Waals surface area contributed by atoms with Gasteiger partial charge in [0.25, 0.3) is 0 Å². The summed E-state index contributed by atoms with van der Waals surface area (Å²) in [6.45, 7) is -0.0795. The molecule has 0 spiro atoms. The number of carboxylic acids is 2. The van der Waals surface area contributed by atoms with E-state index in [0.717, 1.165) is 0 Å². The van der Waals surface area contributed by atoms with Gasteiger partial charge < -0.3 is 24.9 Å². The van der Waals surface area contributed by atoms with Gasteiger partial charge in [0.15, 0.2) is 11.4 Å². The third kappa shape index (κ3) is 9.98. The van der Waals surface area contributed by atoms with E-state index in [9.17, 15) is 24.6 Å². The van der Waals surface area contributed by atoms with E-state index in [1.807, 2.05) is 0 Å². The second-order valence-electron chi connectivity index (χ2n) is 6.97. The minimum absolute atomic E-state index is 0.00881. The van der Waals surface area contributed by atoms with Gasteiger partial charge in [0, 0.05) is 12.8 Å². The molecule has 2 atom stereocenters. The molecule has 23 heavy (non-hydrogen) atoms. The molecule has 0 aromatic rings. The number of ketones is 1. The molecule has 0 aliphatic carbocycles. The van der Waals surface area contributed by atoms with Gasteiger partial charge in [-0.2, -0.15) is 0 Å². The molecule has 0 radical (unpaired) electrons. The van der Waals surface area contributed by atoms with E-state index in [4.69, 9.17) is 10.2 Å². The van der Waals surface area contributed by atoms with Crippen LogP contribution in [0, 0.1) is 0 Å². The minimum atomic E-state index is -2.04. The zero-order valence-electron chi connectivity index (χ0n) is 14.0. The molecule has 8 heteroatoms. The molecule has 4 N–H and O–H groups in total. The van der Waals surface area contributed by atoms with Crippen molar-refractivity contribution >= 4 is 17.7 Å². The van der Waals surface area contributed by atoms with Crippen molar-refractivity contribution in [3.8, 4) is 0 Å². The first-order valence-corrected chi connectivity index (χ1v) is 7.53. The first-order chi connectivity index (χ1) is 10.4. The zero-order chi connectivity index (χ0) is 18.3. The summed E-state index contributed by atoms with van der Waals surface area (Å²) in [5.74, 6) is -2.92. The van der Waals surface area contributed by atoms with Crippen molar-refractivity contribution < 1.29 is 39.3 Å². The lowest BCUT2D eigenvalue weighted by Crippen LogP contribution is -2.55. The van der Waals surface area contributed by atoms with E-state index in [2.05, 4.69) is 0 Å². The number of likely N-dealkylation sites (N-methyl/N-ethyl adjacent to an activating group) is 1. The number of hydrogen-bond donors (Lipinski definition) is 4. The average molecular weight is 334 g/mol. The van der Waals surface area contributed by atoms with Gasteiger partial charge in [0.05, 0.1) is 33.7 Å². The van der Waals surface area contributed by atoms with Gasteiger partial charge in [-0.05, 0) is 12.8 Å². The number of carbonyl (C=O) groups excluding carboxylic acids is 1. The molecule has 0 fully saturated rings. The Morgan fingerprint density at radius 1 is 1.04 bits per heavy atom. The van der Waals surface area contributed by atoms with Crippen molar-refractivity contribution in [3.63, 3.8) is 0 Å². The van der Waals surface area contributed by atoms with Gasteiger partial charge in [0.1, 0.15) is 6.54 Å². The molecule has 0 heterocycles. The topological polar surface area (TPSA) is 132 Å². The number of unbranched alkanes of at least 4 members (excludes halogenated alkanes) is 1. The lowest BCUT2D eigenvalue weighted by molar-refractivity contribution is -0.875. The molecule has 0 saturated carbocycles. The number of aliphatic hydroxyl groups is 2. The minimum Gasteiger partial charge on any atom is -0.481 e. The summed E-state index contributed by atoms with van der Waals surface area (Å²) in [6, 6.07) is 0. The molecule has 0 aromatic carbocycles. The smallest absolute Gasteiger partial charge is 0.306 e. The SMILES string of the molecule is C[N+](C)(C)CC(O)(CC(=O)O)C(=O)CC(O)CCCCC(=O)O. The maximum Gasteiger partial charge on any atom is 0.306 e. The molecule has 134 valence electrons. The fourth-order valence-corrected chi connectivity index (χ4v) is 2.44. The Balaban J connectivity index is 4.64. The second kappa shape index (κ2) is 8.95. The van der Waals surface area contributed by atoms with E-state index in [-0.39, 0.29) is 30.3 Å². The summed E-state index contributed by atoms with van der Waals surface area (Å²) in [5, 5.41) is 37.7. The summed E-state index contributed by atoms with van der Waals surface area (Å²) in [4.78, 5) is 33.6. The lowest BCUT2D eigenvalue weighted by Gasteiger charge is -2.34. The van der Waals surface area contributed by atoms with Crippen molar-refractivity contribution in [1.29, 1.82) is 0 Å². The molecule has 0 bridgehead atoms. The van der Waals surface area contributed by atoms with E-state index in [0.29, 0.717) is 12.8 Å². The van der Waals surface area contributed by atoms with Gasteiger partial charge >= 0.3 is 11.9 Å². The molecule has 0 aromatic heterocycles. The summed E-state index contributed by atoms with van der Waals surface area (Å²) in [6.07, 6.45) is -1.04. The Bertz CT molecular complexity index is 430. The van der Waals surface area contributed by atoms with Crippen LogP contribution in [0.4, 0.5) is 0 Å². The highest BCUT2D eigenvalue weighted by Crippen LogP contribution is 2.20. The highest BCUT2D eigenvalue weighted by atomic mass is 16.4. The number of hydrogen-bond acceptors (Lipinski definition) is 5. The van der Waals surface area contributed by atoms with Crippen LogP contribution in [0.5, 0.6) is 0 Å². The fourth-order valence-electron chi connectivity index (χ4n) is 2.44. The second-order valence-corrected chi connectivity index (χ2v) is 6.97. The van der Waals surface area contributed by atoms with Crippen LogP contribution in [-0.2, 0) is 14.4 Å². The van der Waals surface area contributed by atoms with Crippen molar-refractivity contribution in [2.45, 2.75) is 50.2 Å². The zero-order valence-corrected chi connectivity index (χ0v) is 14.0. The normalized spacial score (nSPS) is 15.7. The number of aliphatic hydroxyl groups excluding tert-OH is 1. The number of nitrogens with zero attached hydrogens (tertiary/aromatic N) is 1. The largest absolute Gasteiger partial charge is 0.481 e. The highest BCUT2D eigenvalue weighted by molar-refractivity contribution is 5.91. The van der Waals surface area contributed by atoms with Gasteiger partial charge in [-0.25, -0.2) is 0 Å². The van der Waals surface area contributed by atoms with E-state index < -0.39 is 35.8 Å². The van der Waals surface area contributed by atoms with E-state index >= 15 is 0 Å². The molecule has 0 amide bonds. The molecule has 0 saturated heterocycles. The number of carboxylic acid groups (broad SMARTS) is 2. The number of aliphatic carboxylic acids is 2. The van der Waals surface area contributed by atoms with E-state index in [1.165, 1.54) is 0 Å². The van der Waals surface area contributed by atoms with Crippen molar-refractivity contribution in [2.24, 2.45) is 0 Å². The molecule has 2 unspecified atom stereocenters. The Kier molecular flexibility index (Phi) is 8.36. The van der Waals surface area contributed by atoms with Gasteiger partial charge in [0.2, 0.25) is 0 Å². The maximum absolute atomic E-state index is 12.3. The fraction of sp³-hybridized carbons (Fsp3) is 0.800. The van der Waals surface area contributed by atoms with E-state index in [1.54, 1.807) is 21.1 Å². The van der Waals surface area contributed by atoms with Crippen LogP contribution in [0.3, 0.4) is 0 Å².